The van der Waals surface area contributed by atoms with E-state index in [1.54, 1.807) is 6.08 Å². The fourth-order valence-electron chi connectivity index (χ4n) is 2.45. The van der Waals surface area contributed by atoms with Gasteiger partial charge in [-0.05, 0) is 49.2 Å². The van der Waals surface area contributed by atoms with Crippen molar-refractivity contribution in [2.24, 2.45) is 0 Å². The third-order valence-electron chi connectivity index (χ3n) is 3.79. The quantitative estimate of drug-likeness (QED) is 0.820. The Morgan fingerprint density at radius 1 is 1.24 bits per heavy atom. The Morgan fingerprint density at radius 2 is 2.04 bits per heavy atom. The minimum Gasteiger partial charge on any atom is -0.491 e. The molecule has 0 bridgehead atoms. The van der Waals surface area contributed by atoms with Gasteiger partial charge in [0.25, 0.3) is 0 Å². The van der Waals surface area contributed by atoms with E-state index in [1.165, 1.54) is 6.08 Å². The van der Waals surface area contributed by atoms with Crippen LogP contribution in [0, 0.1) is 6.92 Å². The molecule has 1 aliphatic rings. The second kappa shape index (κ2) is 7.75. The molecule has 1 atom stereocenters. The number of aryl methyl sites for hydroxylation is 1. The zero-order valence-corrected chi connectivity index (χ0v) is 14.3. The first-order chi connectivity index (χ1) is 12.1. The second-order valence-corrected chi connectivity index (χ2v) is 5.93. The van der Waals surface area contributed by atoms with Crippen LogP contribution in [0.25, 0.3) is 6.08 Å². The van der Waals surface area contributed by atoms with Gasteiger partial charge in [-0.15, -0.1) is 0 Å². The summed E-state index contributed by atoms with van der Waals surface area (Å²) in [5, 5.41) is 2.89. The lowest BCUT2D eigenvalue weighted by Gasteiger charge is -2.15. The van der Waals surface area contributed by atoms with Gasteiger partial charge in [-0.2, -0.15) is 0 Å². The van der Waals surface area contributed by atoms with Crippen molar-refractivity contribution in [2.75, 3.05) is 13.4 Å². The summed E-state index contributed by atoms with van der Waals surface area (Å²) >= 11 is 0. The monoisotopic (exact) mass is 339 g/mol. The van der Waals surface area contributed by atoms with E-state index < -0.39 is 0 Å². The molecule has 0 aliphatic carbocycles. The summed E-state index contributed by atoms with van der Waals surface area (Å²) in [6.45, 7) is 4.55. The highest BCUT2D eigenvalue weighted by Gasteiger charge is 2.12. The predicted molar refractivity (Wildman–Crippen MR) is 95.9 cm³/mol. The molecule has 5 heteroatoms. The van der Waals surface area contributed by atoms with E-state index in [-0.39, 0.29) is 18.7 Å². The number of fused-ring (bicyclic) bond motifs is 1. The largest absolute Gasteiger partial charge is 0.491 e. The van der Waals surface area contributed by atoms with Crippen LogP contribution in [-0.2, 0) is 4.79 Å². The van der Waals surface area contributed by atoms with Crippen molar-refractivity contribution >= 4 is 12.0 Å². The highest BCUT2D eigenvalue weighted by Crippen LogP contribution is 2.32. The standard InChI is InChI=1S/C20H21NO4/c1-14-5-3-4-6-17(14)23-12-15(2)21-20(22)10-8-16-7-9-18-19(11-16)25-13-24-18/h3-11,15H,12-13H2,1-2H3,(H,21,22)/b10-8+. The summed E-state index contributed by atoms with van der Waals surface area (Å²) < 4.78 is 16.3. The molecule has 0 aromatic heterocycles. The molecule has 25 heavy (non-hydrogen) atoms. The number of nitrogens with one attached hydrogen (secondary N) is 1. The number of ether oxygens (including phenoxy) is 3. The molecule has 1 N–H and O–H groups in total. The molecular formula is C20H21NO4. The van der Waals surface area contributed by atoms with E-state index in [0.717, 1.165) is 22.6 Å². The average molecular weight is 339 g/mol. The van der Waals surface area contributed by atoms with Crippen LogP contribution in [0.2, 0.25) is 0 Å². The number of rotatable bonds is 6. The first-order valence-corrected chi connectivity index (χ1v) is 8.18. The molecule has 1 aliphatic heterocycles. The van der Waals surface area contributed by atoms with Crippen molar-refractivity contribution in [3.05, 3.63) is 59.7 Å². The summed E-state index contributed by atoms with van der Waals surface area (Å²) in [6, 6.07) is 13.3. The van der Waals surface area contributed by atoms with Crippen LogP contribution >= 0.6 is 0 Å². The second-order valence-electron chi connectivity index (χ2n) is 5.93. The van der Waals surface area contributed by atoms with Crippen molar-refractivity contribution in [3.8, 4) is 17.2 Å². The highest BCUT2D eigenvalue weighted by atomic mass is 16.7. The molecule has 0 spiro atoms. The van der Waals surface area contributed by atoms with Gasteiger partial charge in [-0.1, -0.05) is 24.3 Å². The zero-order chi connectivity index (χ0) is 17.6. The Bertz CT molecular complexity index is 785. The van der Waals surface area contributed by atoms with Crippen LogP contribution in [0.15, 0.2) is 48.5 Å². The molecule has 0 fully saturated rings. The number of amides is 1. The van der Waals surface area contributed by atoms with Gasteiger partial charge in [-0.25, -0.2) is 0 Å². The first kappa shape index (κ1) is 16.9. The molecule has 0 saturated carbocycles. The number of para-hydroxylation sites is 1. The minimum absolute atomic E-state index is 0.103. The van der Waals surface area contributed by atoms with Gasteiger partial charge < -0.3 is 19.5 Å². The fourth-order valence-corrected chi connectivity index (χ4v) is 2.45. The topological polar surface area (TPSA) is 56.8 Å². The highest BCUT2D eigenvalue weighted by molar-refractivity contribution is 5.92. The van der Waals surface area contributed by atoms with Crippen LogP contribution in [0.5, 0.6) is 17.2 Å². The molecule has 130 valence electrons. The predicted octanol–water partition coefficient (Wildman–Crippen LogP) is 3.32. The van der Waals surface area contributed by atoms with Crippen molar-refractivity contribution in [2.45, 2.75) is 19.9 Å². The van der Waals surface area contributed by atoms with Gasteiger partial charge in [0.05, 0.1) is 6.04 Å². The summed E-state index contributed by atoms with van der Waals surface area (Å²) in [6.07, 6.45) is 3.24. The molecular weight excluding hydrogens is 318 g/mol. The molecule has 2 aromatic rings. The number of carbonyl (C=O) groups excluding carboxylic acids is 1. The lowest BCUT2D eigenvalue weighted by Crippen LogP contribution is -2.35. The maximum atomic E-state index is 12.0. The van der Waals surface area contributed by atoms with Crippen LogP contribution in [0.3, 0.4) is 0 Å². The first-order valence-electron chi connectivity index (χ1n) is 8.18. The SMILES string of the molecule is Cc1ccccc1OCC(C)NC(=O)/C=C/c1ccc2c(c1)OCO2. The Balaban J connectivity index is 1.49. The molecule has 1 amide bonds. The van der Waals surface area contributed by atoms with E-state index >= 15 is 0 Å². The summed E-state index contributed by atoms with van der Waals surface area (Å²) in [7, 11) is 0. The molecule has 5 nitrogen and oxygen atoms in total. The third kappa shape index (κ3) is 4.53. The van der Waals surface area contributed by atoms with Gasteiger partial charge in [-0.3, -0.25) is 4.79 Å². The van der Waals surface area contributed by atoms with Crippen molar-refractivity contribution in [1.82, 2.24) is 5.32 Å². The zero-order valence-electron chi connectivity index (χ0n) is 14.3. The fraction of sp³-hybridized carbons (Fsp3) is 0.250. The van der Waals surface area contributed by atoms with Gasteiger partial charge in [0.1, 0.15) is 12.4 Å². The van der Waals surface area contributed by atoms with E-state index in [1.807, 2.05) is 56.3 Å². The number of hydrogen-bond donors (Lipinski definition) is 1. The summed E-state index contributed by atoms with van der Waals surface area (Å²) in [5.74, 6) is 2.09. The molecule has 1 unspecified atom stereocenters. The maximum Gasteiger partial charge on any atom is 0.244 e. The van der Waals surface area contributed by atoms with Gasteiger partial charge in [0.2, 0.25) is 12.7 Å². The van der Waals surface area contributed by atoms with E-state index in [0.29, 0.717) is 12.4 Å². The third-order valence-corrected chi connectivity index (χ3v) is 3.79. The summed E-state index contributed by atoms with van der Waals surface area (Å²) in [4.78, 5) is 12.0. The van der Waals surface area contributed by atoms with Crippen molar-refractivity contribution < 1.29 is 19.0 Å². The lowest BCUT2D eigenvalue weighted by atomic mass is 10.2. The van der Waals surface area contributed by atoms with Crippen LogP contribution in [0.1, 0.15) is 18.1 Å². The Kier molecular flexibility index (Phi) is 5.23. The normalized spacial score (nSPS) is 13.7. The van der Waals surface area contributed by atoms with Gasteiger partial charge >= 0.3 is 0 Å². The van der Waals surface area contributed by atoms with Gasteiger partial charge in [0, 0.05) is 6.08 Å². The summed E-state index contributed by atoms with van der Waals surface area (Å²) in [5.41, 5.74) is 1.95. The van der Waals surface area contributed by atoms with E-state index in [4.69, 9.17) is 14.2 Å². The lowest BCUT2D eigenvalue weighted by molar-refractivity contribution is -0.117. The Morgan fingerprint density at radius 3 is 2.88 bits per heavy atom. The number of benzene rings is 2. The number of carbonyl (C=O) groups is 1. The molecule has 0 saturated heterocycles. The van der Waals surface area contributed by atoms with Crippen LogP contribution in [-0.4, -0.2) is 25.3 Å². The molecule has 1 heterocycles. The van der Waals surface area contributed by atoms with Crippen LogP contribution < -0.4 is 19.5 Å². The Hall–Kier alpha value is -2.95. The molecule has 3 rings (SSSR count). The average Bonchev–Trinajstić information content (AvgIpc) is 3.07. The van der Waals surface area contributed by atoms with E-state index in [9.17, 15) is 4.79 Å². The molecule has 0 radical (unpaired) electrons. The molecule has 2 aromatic carbocycles. The van der Waals surface area contributed by atoms with Crippen molar-refractivity contribution in [3.63, 3.8) is 0 Å². The van der Waals surface area contributed by atoms with E-state index in [2.05, 4.69) is 5.32 Å². The smallest absolute Gasteiger partial charge is 0.244 e. The van der Waals surface area contributed by atoms with Gasteiger partial charge in [0.15, 0.2) is 11.5 Å². The Labute approximate surface area is 147 Å². The van der Waals surface area contributed by atoms with Crippen molar-refractivity contribution in [1.29, 1.82) is 0 Å². The minimum atomic E-state index is -0.168. The maximum absolute atomic E-state index is 12.0. The van der Waals surface area contributed by atoms with Crippen LogP contribution in [0.4, 0.5) is 0 Å². The number of hydrogen-bond acceptors (Lipinski definition) is 4.